The Morgan fingerprint density at radius 1 is 0.675 bits per heavy atom. The maximum atomic E-state index is 13.4. The highest BCUT2D eigenvalue weighted by atomic mass is 16.4. The van der Waals surface area contributed by atoms with Crippen molar-refractivity contribution in [1.82, 2.24) is 16.0 Å². The molecule has 2 aromatic rings. The molecule has 11 nitrogen and oxygen atoms in total. The monoisotopic (exact) mass is 556 g/mol. The van der Waals surface area contributed by atoms with Crippen LogP contribution in [0, 0.1) is 11.8 Å². The van der Waals surface area contributed by atoms with Crippen molar-refractivity contribution in [2.24, 2.45) is 17.6 Å². The first kappa shape index (κ1) is 32.1. The second-order valence-electron chi connectivity index (χ2n) is 10.7. The molecule has 0 aromatic heterocycles. The van der Waals surface area contributed by atoms with Crippen molar-refractivity contribution in [2.45, 2.75) is 71.1 Å². The molecule has 218 valence electrons. The van der Waals surface area contributed by atoms with Crippen molar-refractivity contribution in [3.8, 4) is 11.5 Å². The van der Waals surface area contributed by atoms with Crippen LogP contribution in [-0.2, 0) is 32.0 Å². The zero-order valence-electron chi connectivity index (χ0n) is 23.3. The fourth-order valence-corrected chi connectivity index (χ4v) is 3.96. The van der Waals surface area contributed by atoms with Gasteiger partial charge in [-0.25, -0.2) is 4.79 Å². The first-order valence-electron chi connectivity index (χ1n) is 13.2. The summed E-state index contributed by atoms with van der Waals surface area (Å²) in [4.78, 5) is 51.4. The largest absolute Gasteiger partial charge is 0.508 e. The number of aromatic hydroxyl groups is 2. The minimum absolute atomic E-state index is 0.00272. The molecule has 0 saturated carbocycles. The molecule has 0 aliphatic carbocycles. The second-order valence-corrected chi connectivity index (χ2v) is 10.7. The number of carboxylic acids is 1. The Hall–Kier alpha value is -4.12. The number of benzene rings is 2. The van der Waals surface area contributed by atoms with Gasteiger partial charge in [-0.15, -0.1) is 0 Å². The molecule has 0 radical (unpaired) electrons. The van der Waals surface area contributed by atoms with Crippen LogP contribution in [0.4, 0.5) is 0 Å². The van der Waals surface area contributed by atoms with Crippen LogP contribution in [0.2, 0.25) is 0 Å². The van der Waals surface area contributed by atoms with Crippen molar-refractivity contribution >= 4 is 23.7 Å². The topological polar surface area (TPSA) is 191 Å². The third-order valence-corrected chi connectivity index (χ3v) is 6.36. The van der Waals surface area contributed by atoms with E-state index in [1.807, 2.05) is 13.8 Å². The fourth-order valence-electron chi connectivity index (χ4n) is 3.96. The van der Waals surface area contributed by atoms with Crippen LogP contribution in [0.5, 0.6) is 11.5 Å². The fraction of sp³-hybridized carbons (Fsp3) is 0.448. The molecule has 8 N–H and O–H groups in total. The molecule has 0 heterocycles. The van der Waals surface area contributed by atoms with Gasteiger partial charge in [0.25, 0.3) is 0 Å². The van der Waals surface area contributed by atoms with Gasteiger partial charge >= 0.3 is 5.97 Å². The van der Waals surface area contributed by atoms with Gasteiger partial charge in [-0.3, -0.25) is 14.4 Å². The summed E-state index contributed by atoms with van der Waals surface area (Å²) in [6.07, 6.45) is 0.228. The molecular weight excluding hydrogens is 516 g/mol. The Balaban J connectivity index is 2.28. The van der Waals surface area contributed by atoms with Crippen molar-refractivity contribution in [1.29, 1.82) is 0 Å². The summed E-state index contributed by atoms with van der Waals surface area (Å²) in [5.41, 5.74) is 7.14. The van der Waals surface area contributed by atoms with Gasteiger partial charge in [0.1, 0.15) is 29.6 Å². The SMILES string of the molecule is CC(C)CC(NC(=O)C(N)C(C)C)C(=O)NC(Cc1ccc(O)cc1)C(=O)NC(Cc1ccc(O)cc1)C(=O)O. The summed E-state index contributed by atoms with van der Waals surface area (Å²) >= 11 is 0. The number of phenolic OH excluding ortho intramolecular Hbond substituents is 2. The highest BCUT2D eigenvalue weighted by Crippen LogP contribution is 2.14. The number of hydrogen-bond donors (Lipinski definition) is 7. The van der Waals surface area contributed by atoms with Crippen molar-refractivity contribution in [3.05, 3.63) is 59.7 Å². The molecule has 2 aromatic carbocycles. The third-order valence-electron chi connectivity index (χ3n) is 6.36. The van der Waals surface area contributed by atoms with E-state index in [2.05, 4.69) is 16.0 Å². The third kappa shape index (κ3) is 10.2. The maximum absolute atomic E-state index is 13.4. The molecule has 0 aliphatic heterocycles. The Kier molecular flexibility index (Phi) is 11.9. The number of hydrogen-bond acceptors (Lipinski definition) is 7. The molecule has 0 spiro atoms. The first-order chi connectivity index (χ1) is 18.8. The van der Waals surface area contributed by atoms with E-state index in [0.29, 0.717) is 11.1 Å². The number of amides is 3. The number of nitrogens with two attached hydrogens (primary N) is 1. The summed E-state index contributed by atoms with van der Waals surface area (Å²) < 4.78 is 0. The van der Waals surface area contributed by atoms with E-state index in [0.717, 1.165) is 0 Å². The van der Waals surface area contributed by atoms with E-state index < -0.39 is 47.9 Å². The highest BCUT2D eigenvalue weighted by Gasteiger charge is 2.31. The van der Waals surface area contributed by atoms with Gasteiger partial charge in [0, 0.05) is 12.8 Å². The molecule has 0 bridgehead atoms. The smallest absolute Gasteiger partial charge is 0.326 e. The van der Waals surface area contributed by atoms with Crippen LogP contribution >= 0.6 is 0 Å². The Labute approximate surface area is 234 Å². The predicted molar refractivity (Wildman–Crippen MR) is 149 cm³/mol. The molecular formula is C29H40N4O7. The van der Waals surface area contributed by atoms with Crippen LogP contribution in [0.1, 0.15) is 45.2 Å². The molecule has 4 unspecified atom stereocenters. The van der Waals surface area contributed by atoms with Gasteiger partial charge in [0.15, 0.2) is 0 Å². The average molecular weight is 557 g/mol. The van der Waals surface area contributed by atoms with Crippen molar-refractivity contribution in [2.75, 3.05) is 0 Å². The molecule has 0 fully saturated rings. The maximum Gasteiger partial charge on any atom is 0.326 e. The number of carbonyl (C=O) groups excluding carboxylic acids is 3. The van der Waals surface area contributed by atoms with Gasteiger partial charge < -0.3 is 37.0 Å². The number of carboxylic acid groups (broad SMARTS) is 1. The number of carbonyl (C=O) groups is 4. The van der Waals surface area contributed by atoms with E-state index in [9.17, 15) is 34.5 Å². The minimum atomic E-state index is -1.31. The highest BCUT2D eigenvalue weighted by molar-refractivity contribution is 5.94. The lowest BCUT2D eigenvalue weighted by Crippen LogP contribution is -2.58. The van der Waals surface area contributed by atoms with Crippen LogP contribution in [0.15, 0.2) is 48.5 Å². The van der Waals surface area contributed by atoms with Gasteiger partial charge in [0.2, 0.25) is 17.7 Å². The summed E-state index contributed by atoms with van der Waals surface area (Å²) in [6.45, 7) is 7.35. The van der Waals surface area contributed by atoms with Crippen LogP contribution in [-0.4, -0.2) is 63.2 Å². The molecule has 0 aliphatic rings. The average Bonchev–Trinajstić information content (AvgIpc) is 2.88. The lowest BCUT2D eigenvalue weighted by Gasteiger charge is -2.26. The first-order valence-corrected chi connectivity index (χ1v) is 13.2. The number of phenols is 2. The molecule has 2 rings (SSSR count). The summed E-state index contributed by atoms with van der Waals surface area (Å²) in [5, 5.41) is 36.8. The molecule has 3 amide bonds. The summed E-state index contributed by atoms with van der Waals surface area (Å²) in [7, 11) is 0. The van der Waals surface area contributed by atoms with E-state index in [-0.39, 0.29) is 42.6 Å². The van der Waals surface area contributed by atoms with Crippen molar-refractivity contribution < 1.29 is 34.5 Å². The van der Waals surface area contributed by atoms with E-state index in [1.165, 1.54) is 24.3 Å². The molecule has 0 saturated heterocycles. The predicted octanol–water partition coefficient (Wildman–Crippen LogP) is 1.45. The number of rotatable bonds is 14. The van der Waals surface area contributed by atoms with Gasteiger partial charge in [0.05, 0.1) is 6.04 Å². The zero-order chi connectivity index (χ0) is 30.0. The molecule has 40 heavy (non-hydrogen) atoms. The Morgan fingerprint density at radius 2 is 1.07 bits per heavy atom. The number of aliphatic carboxylic acids is 1. The number of nitrogens with one attached hydrogen (secondary N) is 3. The van der Waals surface area contributed by atoms with Gasteiger partial charge in [-0.05, 0) is 53.6 Å². The lowest BCUT2D eigenvalue weighted by atomic mass is 9.99. The standard InChI is InChI=1S/C29H40N4O7/c1-16(2)13-22(32-28(38)25(30)17(3)4)26(36)31-23(14-18-5-9-20(34)10-6-18)27(37)33-24(29(39)40)15-19-7-11-21(35)12-8-19/h5-12,16-17,22-25,34-35H,13-15,30H2,1-4H3,(H,31,36)(H,32,38)(H,33,37)(H,39,40). The van der Waals surface area contributed by atoms with Gasteiger partial charge in [-0.1, -0.05) is 52.0 Å². The van der Waals surface area contributed by atoms with E-state index >= 15 is 0 Å². The van der Waals surface area contributed by atoms with Crippen LogP contribution < -0.4 is 21.7 Å². The van der Waals surface area contributed by atoms with E-state index in [4.69, 9.17) is 5.73 Å². The second kappa shape index (κ2) is 14.9. The van der Waals surface area contributed by atoms with Crippen LogP contribution in [0.3, 0.4) is 0 Å². The van der Waals surface area contributed by atoms with E-state index in [1.54, 1.807) is 38.1 Å². The van der Waals surface area contributed by atoms with Crippen LogP contribution in [0.25, 0.3) is 0 Å². The quantitative estimate of drug-likeness (QED) is 0.182. The Morgan fingerprint density at radius 3 is 1.50 bits per heavy atom. The molecule has 11 heteroatoms. The minimum Gasteiger partial charge on any atom is -0.508 e. The Bertz CT molecular complexity index is 1150. The molecule has 4 atom stereocenters. The van der Waals surface area contributed by atoms with Gasteiger partial charge in [-0.2, -0.15) is 0 Å². The normalized spacial score (nSPS) is 14.2. The lowest BCUT2D eigenvalue weighted by molar-refractivity contribution is -0.142. The summed E-state index contributed by atoms with van der Waals surface area (Å²) in [5.74, 6) is -3.19. The summed E-state index contributed by atoms with van der Waals surface area (Å²) in [6, 6.07) is 7.67. The van der Waals surface area contributed by atoms with Crippen molar-refractivity contribution in [3.63, 3.8) is 0 Å². The zero-order valence-corrected chi connectivity index (χ0v) is 23.3.